The van der Waals surface area contributed by atoms with Gasteiger partial charge in [0.15, 0.2) is 0 Å². The molecule has 2 rings (SSSR count). The molecule has 0 heterocycles. The second-order valence-corrected chi connectivity index (χ2v) is 6.36. The normalized spacial score (nSPS) is 8.94. The van der Waals surface area contributed by atoms with E-state index >= 15 is 0 Å². The Labute approximate surface area is 123 Å². The van der Waals surface area contributed by atoms with Crippen LogP contribution >= 0.6 is 24.8 Å². The quantitative estimate of drug-likeness (QED) is 0.770. The van der Waals surface area contributed by atoms with Crippen molar-refractivity contribution in [3.63, 3.8) is 0 Å². The van der Waals surface area contributed by atoms with Crippen LogP contribution < -0.4 is 7.22 Å². The van der Waals surface area contributed by atoms with E-state index in [4.69, 9.17) is 10.2 Å². The third-order valence-electron chi connectivity index (χ3n) is 1.91. The average molecular weight is 387 g/mol. The predicted octanol–water partition coefficient (Wildman–Crippen LogP) is 1.60. The number of aromatic hydroxyl groups is 2. The first-order valence-corrected chi connectivity index (χ1v) is 6.83. The van der Waals surface area contributed by atoms with E-state index in [0.717, 1.165) is 0 Å². The van der Waals surface area contributed by atoms with Crippen LogP contribution in [0.15, 0.2) is 48.5 Å². The van der Waals surface area contributed by atoms with Gasteiger partial charge in [-0.3, -0.25) is 0 Å². The molecule has 17 heavy (non-hydrogen) atoms. The Kier molecular flexibility index (Phi) is 7.41. The van der Waals surface area contributed by atoms with Crippen molar-refractivity contribution in [3.8, 4) is 11.5 Å². The van der Waals surface area contributed by atoms with Gasteiger partial charge in [0.2, 0.25) is 0 Å². The number of hydrogen-bond acceptors (Lipinski definition) is 2. The molecule has 0 aromatic heterocycles. The van der Waals surface area contributed by atoms with Gasteiger partial charge in [-0.05, 0) is 0 Å². The van der Waals surface area contributed by atoms with Crippen molar-refractivity contribution >= 4 is 53.0 Å². The number of phenolic OH excluding ortho intramolecular Hbond substituents is 2. The molecule has 0 saturated carbocycles. The van der Waals surface area contributed by atoms with Crippen LogP contribution in [0.25, 0.3) is 0 Å². The van der Waals surface area contributed by atoms with Gasteiger partial charge in [-0.25, -0.2) is 0 Å². The molecule has 0 atom stereocenters. The summed E-state index contributed by atoms with van der Waals surface area (Å²) in [6.07, 6.45) is 0. The average Bonchev–Trinajstić information content (AvgIpc) is 2.25. The molecular formula is C12H12Cl2O2Te. The van der Waals surface area contributed by atoms with Crippen molar-refractivity contribution in [1.29, 1.82) is 0 Å². The molecule has 0 fully saturated rings. The maximum absolute atomic E-state index is 9.14. The van der Waals surface area contributed by atoms with Crippen LogP contribution in [0, 0.1) is 0 Å². The second kappa shape index (κ2) is 7.68. The molecule has 5 heteroatoms. The minimum atomic E-state index is -0.405. The molecule has 0 spiro atoms. The number of phenols is 2. The summed E-state index contributed by atoms with van der Waals surface area (Å²) in [6, 6.07) is 14.6. The fraction of sp³-hybridized carbons (Fsp3) is 0. The molecule has 0 radical (unpaired) electrons. The molecule has 92 valence electrons. The maximum atomic E-state index is 9.14. The Morgan fingerprint density at radius 2 is 0.882 bits per heavy atom. The van der Waals surface area contributed by atoms with Gasteiger partial charge in [-0.1, -0.05) is 0 Å². The fourth-order valence-corrected chi connectivity index (χ4v) is 3.49. The van der Waals surface area contributed by atoms with Gasteiger partial charge in [-0.15, -0.1) is 24.8 Å². The van der Waals surface area contributed by atoms with Gasteiger partial charge >= 0.3 is 98.4 Å². The Morgan fingerprint density at radius 3 is 1.18 bits per heavy atom. The summed E-state index contributed by atoms with van der Waals surface area (Å²) in [5.74, 6) is 0.605. The molecule has 2 aromatic rings. The summed E-state index contributed by atoms with van der Waals surface area (Å²) in [4.78, 5) is 0. The topological polar surface area (TPSA) is 40.5 Å². The van der Waals surface area contributed by atoms with Gasteiger partial charge in [0.25, 0.3) is 0 Å². The van der Waals surface area contributed by atoms with Gasteiger partial charge in [0, 0.05) is 0 Å². The van der Waals surface area contributed by atoms with Gasteiger partial charge in [-0.2, -0.15) is 0 Å². The fourth-order valence-electron chi connectivity index (χ4n) is 1.16. The van der Waals surface area contributed by atoms with E-state index in [1.54, 1.807) is 24.3 Å². The zero-order valence-electron chi connectivity index (χ0n) is 8.74. The van der Waals surface area contributed by atoms with Crippen LogP contribution in [0.5, 0.6) is 11.5 Å². The van der Waals surface area contributed by atoms with Crippen LogP contribution in [0.4, 0.5) is 0 Å². The zero-order chi connectivity index (χ0) is 10.7. The van der Waals surface area contributed by atoms with E-state index in [1.807, 2.05) is 24.3 Å². The third kappa shape index (κ3) is 5.06. The van der Waals surface area contributed by atoms with E-state index in [2.05, 4.69) is 0 Å². The molecule has 0 aliphatic carbocycles. The first kappa shape index (κ1) is 16.4. The van der Waals surface area contributed by atoms with Crippen molar-refractivity contribution in [2.24, 2.45) is 0 Å². The van der Waals surface area contributed by atoms with Gasteiger partial charge < -0.3 is 0 Å². The molecule has 0 unspecified atom stereocenters. The Morgan fingerprint density at radius 1 is 0.588 bits per heavy atom. The van der Waals surface area contributed by atoms with Crippen molar-refractivity contribution in [2.75, 3.05) is 0 Å². The van der Waals surface area contributed by atoms with Crippen LogP contribution in [0.1, 0.15) is 0 Å². The molecular weight excluding hydrogens is 375 g/mol. The van der Waals surface area contributed by atoms with E-state index in [9.17, 15) is 0 Å². The standard InChI is InChI=1S/C12H10O2Te.2ClH/c13-9-1-5-11(6-2-9)15-12-7-3-10(14)4-8-12;;/h1-8,13-14H;2*1H. The SMILES string of the molecule is Cl.Cl.Oc1ccc([Te]c2ccc(O)cc2)cc1. The first-order valence-electron chi connectivity index (χ1n) is 4.50. The summed E-state index contributed by atoms with van der Waals surface area (Å²) in [5.41, 5.74) is 0. The molecule has 2 nitrogen and oxygen atoms in total. The van der Waals surface area contributed by atoms with Crippen LogP contribution in [0.3, 0.4) is 0 Å². The van der Waals surface area contributed by atoms with Crippen LogP contribution in [0.2, 0.25) is 0 Å². The Hall–Kier alpha value is -0.590. The predicted molar refractivity (Wildman–Crippen MR) is 75.7 cm³/mol. The third-order valence-corrected chi connectivity index (χ3v) is 4.81. The van der Waals surface area contributed by atoms with Crippen molar-refractivity contribution in [1.82, 2.24) is 0 Å². The summed E-state index contributed by atoms with van der Waals surface area (Å²) in [5, 5.41) is 18.3. The van der Waals surface area contributed by atoms with E-state index in [-0.39, 0.29) is 24.8 Å². The zero-order valence-corrected chi connectivity index (χ0v) is 12.7. The molecule has 2 aromatic carbocycles. The molecule has 0 aliphatic rings. The first-order chi connectivity index (χ1) is 7.24. The Bertz CT molecular complexity index is 400. The number of benzene rings is 2. The molecule has 0 aliphatic heterocycles. The van der Waals surface area contributed by atoms with Crippen LogP contribution in [-0.2, 0) is 0 Å². The van der Waals surface area contributed by atoms with Gasteiger partial charge in [0.1, 0.15) is 0 Å². The van der Waals surface area contributed by atoms with E-state index < -0.39 is 20.9 Å². The van der Waals surface area contributed by atoms with Crippen molar-refractivity contribution in [3.05, 3.63) is 48.5 Å². The minimum absolute atomic E-state index is 0. The summed E-state index contributed by atoms with van der Waals surface area (Å²) >= 11 is -0.405. The van der Waals surface area contributed by atoms with Gasteiger partial charge in [0.05, 0.1) is 0 Å². The van der Waals surface area contributed by atoms with Crippen molar-refractivity contribution in [2.45, 2.75) is 0 Å². The molecule has 0 amide bonds. The number of halogens is 2. The van der Waals surface area contributed by atoms with Crippen molar-refractivity contribution < 1.29 is 10.2 Å². The molecule has 2 N–H and O–H groups in total. The van der Waals surface area contributed by atoms with E-state index in [0.29, 0.717) is 11.5 Å². The summed E-state index contributed by atoms with van der Waals surface area (Å²) < 4.78 is 2.53. The Balaban J connectivity index is 0.00000128. The monoisotopic (exact) mass is 388 g/mol. The van der Waals surface area contributed by atoms with Crippen LogP contribution in [-0.4, -0.2) is 31.1 Å². The summed E-state index contributed by atoms with van der Waals surface area (Å²) in [7, 11) is 0. The second-order valence-electron chi connectivity index (χ2n) is 3.09. The number of rotatable bonds is 2. The molecule has 0 bridgehead atoms. The van der Waals surface area contributed by atoms with E-state index in [1.165, 1.54) is 7.22 Å². The molecule has 0 saturated heterocycles. The summed E-state index contributed by atoms with van der Waals surface area (Å²) in [6.45, 7) is 0. The number of hydrogen-bond donors (Lipinski definition) is 2.